The summed E-state index contributed by atoms with van der Waals surface area (Å²) in [5.41, 5.74) is 0.565. The van der Waals surface area contributed by atoms with Gasteiger partial charge in [-0.15, -0.1) is 11.3 Å². The second-order valence-electron chi connectivity index (χ2n) is 6.03. The fraction of sp³-hybridized carbons (Fsp3) is 0.786. The summed E-state index contributed by atoms with van der Waals surface area (Å²) in [5.74, 6) is 0.830. The number of nitrogens with one attached hydrogen (secondary N) is 1. The van der Waals surface area contributed by atoms with Gasteiger partial charge in [0.05, 0.1) is 5.01 Å². The number of nitrogens with zero attached hydrogens (tertiary/aromatic N) is 1. The number of hydrogen-bond donors (Lipinski definition) is 1. The van der Waals surface area contributed by atoms with Crippen LogP contribution in [0.25, 0.3) is 0 Å². The topological polar surface area (TPSA) is 24.9 Å². The molecule has 1 aliphatic carbocycles. The van der Waals surface area contributed by atoms with E-state index in [0.29, 0.717) is 11.5 Å². The van der Waals surface area contributed by atoms with Crippen LogP contribution in [-0.2, 0) is 6.42 Å². The molecule has 1 N–H and O–H groups in total. The van der Waals surface area contributed by atoms with Crippen LogP contribution in [0.5, 0.6) is 0 Å². The minimum absolute atomic E-state index is 0.565. The van der Waals surface area contributed by atoms with Crippen molar-refractivity contribution in [3.63, 3.8) is 0 Å². The maximum atomic E-state index is 4.41. The molecule has 0 aromatic carbocycles. The third-order valence-corrected chi connectivity index (χ3v) is 5.00. The average molecular weight is 252 g/mol. The van der Waals surface area contributed by atoms with Gasteiger partial charge in [0.15, 0.2) is 0 Å². The summed E-state index contributed by atoms with van der Waals surface area (Å²) in [7, 11) is 2.10. The van der Waals surface area contributed by atoms with E-state index in [4.69, 9.17) is 0 Å². The zero-order chi connectivity index (χ0) is 12.3. The number of aromatic nitrogens is 1. The Balaban J connectivity index is 1.91. The van der Waals surface area contributed by atoms with Crippen LogP contribution in [0.15, 0.2) is 11.6 Å². The molecule has 1 heterocycles. The van der Waals surface area contributed by atoms with Gasteiger partial charge in [0.1, 0.15) is 0 Å². The number of hydrogen-bond acceptors (Lipinski definition) is 3. The van der Waals surface area contributed by atoms with Crippen molar-refractivity contribution in [1.82, 2.24) is 10.3 Å². The summed E-state index contributed by atoms with van der Waals surface area (Å²) in [6, 6.07) is 0.609. The summed E-state index contributed by atoms with van der Waals surface area (Å²) in [5, 5.41) is 6.85. The zero-order valence-electron chi connectivity index (χ0n) is 11.2. The number of rotatable bonds is 4. The molecule has 0 amide bonds. The molecule has 2 nitrogen and oxygen atoms in total. The van der Waals surface area contributed by atoms with E-state index >= 15 is 0 Å². The molecular formula is C14H24N2S. The van der Waals surface area contributed by atoms with Gasteiger partial charge in [-0.05, 0) is 44.1 Å². The van der Waals surface area contributed by atoms with Gasteiger partial charge in [-0.2, -0.15) is 0 Å². The molecule has 1 atom stereocenters. The minimum atomic E-state index is 0.565. The van der Waals surface area contributed by atoms with Crippen molar-refractivity contribution in [2.75, 3.05) is 7.05 Å². The van der Waals surface area contributed by atoms with E-state index in [1.54, 1.807) is 11.3 Å². The Labute approximate surface area is 109 Å². The van der Waals surface area contributed by atoms with Gasteiger partial charge in [-0.3, -0.25) is 0 Å². The molecule has 1 aliphatic rings. The summed E-state index contributed by atoms with van der Waals surface area (Å²) in [4.78, 5) is 4.41. The van der Waals surface area contributed by atoms with Gasteiger partial charge in [-0.1, -0.05) is 13.8 Å². The van der Waals surface area contributed by atoms with Crippen molar-refractivity contribution in [3.05, 3.63) is 16.6 Å². The van der Waals surface area contributed by atoms with Crippen LogP contribution < -0.4 is 5.32 Å². The first-order valence-electron chi connectivity index (χ1n) is 6.66. The Hall–Kier alpha value is -0.410. The monoisotopic (exact) mass is 252 g/mol. The summed E-state index contributed by atoms with van der Waals surface area (Å²) < 4.78 is 0. The lowest BCUT2D eigenvalue weighted by atomic mass is 9.71. The van der Waals surface area contributed by atoms with Crippen LogP contribution in [-0.4, -0.2) is 18.1 Å². The molecule has 0 bridgehead atoms. The van der Waals surface area contributed by atoms with E-state index in [1.165, 1.54) is 30.7 Å². The molecule has 0 saturated heterocycles. The Bertz CT molecular complexity index is 322. The van der Waals surface area contributed by atoms with E-state index in [1.807, 2.05) is 6.20 Å². The highest BCUT2D eigenvalue weighted by molar-refractivity contribution is 7.09. The fourth-order valence-electron chi connectivity index (χ4n) is 2.87. The highest BCUT2D eigenvalue weighted by Gasteiger charge is 2.30. The highest BCUT2D eigenvalue weighted by Crippen LogP contribution is 2.39. The molecule has 0 spiro atoms. The van der Waals surface area contributed by atoms with Crippen molar-refractivity contribution in [2.45, 2.75) is 52.0 Å². The average Bonchev–Trinajstić information content (AvgIpc) is 2.79. The van der Waals surface area contributed by atoms with Gasteiger partial charge < -0.3 is 5.32 Å². The lowest BCUT2D eigenvalue weighted by Crippen LogP contribution is -2.38. The second-order valence-corrected chi connectivity index (χ2v) is 7.01. The van der Waals surface area contributed by atoms with Crippen LogP contribution >= 0.6 is 11.3 Å². The van der Waals surface area contributed by atoms with Gasteiger partial charge in [-0.25, -0.2) is 4.98 Å². The lowest BCUT2D eigenvalue weighted by Gasteiger charge is -2.37. The highest BCUT2D eigenvalue weighted by atomic mass is 32.1. The van der Waals surface area contributed by atoms with E-state index < -0.39 is 0 Å². The maximum Gasteiger partial charge on any atom is 0.0940 e. The van der Waals surface area contributed by atoms with Gasteiger partial charge in [0.25, 0.3) is 0 Å². The molecule has 0 radical (unpaired) electrons. The summed E-state index contributed by atoms with van der Waals surface area (Å²) >= 11 is 1.78. The van der Waals surface area contributed by atoms with E-state index in [9.17, 15) is 0 Å². The molecular weight excluding hydrogens is 228 g/mol. The number of likely N-dealkylation sites (N-methyl/N-ethyl adjacent to an activating group) is 1. The molecule has 0 aliphatic heterocycles. The quantitative estimate of drug-likeness (QED) is 0.887. The van der Waals surface area contributed by atoms with Crippen molar-refractivity contribution >= 4 is 11.3 Å². The fourth-order valence-corrected chi connectivity index (χ4v) is 3.55. The van der Waals surface area contributed by atoms with Crippen molar-refractivity contribution in [3.8, 4) is 0 Å². The first kappa shape index (κ1) is 13.0. The standard InChI is InChI=1S/C14H24N2S/c1-14(2)6-4-11(5-7-14)12(15-3)10-13-16-8-9-17-13/h8-9,11-12,15H,4-7,10H2,1-3H3. The number of thiazole rings is 1. The lowest BCUT2D eigenvalue weighted by molar-refractivity contribution is 0.163. The molecule has 1 fully saturated rings. The minimum Gasteiger partial charge on any atom is -0.316 e. The Morgan fingerprint density at radius 2 is 2.18 bits per heavy atom. The molecule has 3 heteroatoms. The first-order chi connectivity index (χ1) is 8.11. The third kappa shape index (κ3) is 3.52. The Kier molecular flexibility index (Phi) is 4.21. The maximum absolute atomic E-state index is 4.41. The van der Waals surface area contributed by atoms with Crippen molar-refractivity contribution in [2.24, 2.45) is 11.3 Å². The first-order valence-corrected chi connectivity index (χ1v) is 7.54. The molecule has 1 aromatic rings. The van der Waals surface area contributed by atoms with Crippen molar-refractivity contribution in [1.29, 1.82) is 0 Å². The summed E-state index contributed by atoms with van der Waals surface area (Å²) in [6.07, 6.45) is 8.48. The molecule has 1 saturated carbocycles. The predicted molar refractivity (Wildman–Crippen MR) is 74.4 cm³/mol. The van der Waals surface area contributed by atoms with Crippen LogP contribution in [0.3, 0.4) is 0 Å². The molecule has 1 aromatic heterocycles. The van der Waals surface area contributed by atoms with E-state index in [2.05, 4.69) is 36.6 Å². The van der Waals surface area contributed by atoms with E-state index in [-0.39, 0.29) is 0 Å². The molecule has 96 valence electrons. The smallest absolute Gasteiger partial charge is 0.0940 e. The summed E-state index contributed by atoms with van der Waals surface area (Å²) in [6.45, 7) is 4.80. The van der Waals surface area contributed by atoms with Crippen LogP contribution in [0.1, 0.15) is 44.5 Å². The Morgan fingerprint density at radius 3 is 2.71 bits per heavy atom. The third-order valence-electron chi connectivity index (χ3n) is 4.20. The SMILES string of the molecule is CNC(Cc1nccs1)C1CCC(C)(C)CC1. The van der Waals surface area contributed by atoms with Crippen molar-refractivity contribution < 1.29 is 0 Å². The zero-order valence-corrected chi connectivity index (χ0v) is 12.0. The Morgan fingerprint density at radius 1 is 1.47 bits per heavy atom. The van der Waals surface area contributed by atoms with Gasteiger partial charge in [0, 0.05) is 24.0 Å². The predicted octanol–water partition coefficient (Wildman–Crippen LogP) is 3.49. The van der Waals surface area contributed by atoms with Gasteiger partial charge in [0.2, 0.25) is 0 Å². The largest absolute Gasteiger partial charge is 0.316 e. The molecule has 1 unspecified atom stereocenters. The van der Waals surface area contributed by atoms with Crippen LogP contribution in [0.4, 0.5) is 0 Å². The van der Waals surface area contributed by atoms with Crippen LogP contribution in [0.2, 0.25) is 0 Å². The van der Waals surface area contributed by atoms with Crippen LogP contribution in [0, 0.1) is 11.3 Å². The van der Waals surface area contributed by atoms with E-state index in [0.717, 1.165) is 12.3 Å². The molecule has 17 heavy (non-hydrogen) atoms. The second kappa shape index (κ2) is 5.49. The van der Waals surface area contributed by atoms with Gasteiger partial charge >= 0.3 is 0 Å². The molecule has 2 rings (SSSR count). The normalized spacial score (nSPS) is 22.5.